The SMILES string of the molecule is CC(C)(C)C(=O)OCCC(CCCCCCC(=O)O)(CCOC(=O)C(C)(C)C)C(=O)O. The van der Waals surface area contributed by atoms with Crippen LogP contribution in [0.2, 0.25) is 0 Å². The number of carbonyl (C=O) groups excluding carboxylic acids is 2. The van der Waals surface area contributed by atoms with Gasteiger partial charge in [-0.05, 0) is 67.2 Å². The molecule has 0 amide bonds. The number of hydrogen-bond acceptors (Lipinski definition) is 6. The van der Waals surface area contributed by atoms with Crippen LogP contribution in [0, 0.1) is 16.2 Å². The number of esters is 2. The van der Waals surface area contributed by atoms with Crippen LogP contribution >= 0.6 is 0 Å². The van der Waals surface area contributed by atoms with Gasteiger partial charge in [-0.25, -0.2) is 0 Å². The van der Waals surface area contributed by atoms with E-state index < -0.39 is 40.1 Å². The fraction of sp³-hybridized carbons (Fsp3) is 0.826. The summed E-state index contributed by atoms with van der Waals surface area (Å²) in [6, 6.07) is 0. The van der Waals surface area contributed by atoms with E-state index in [4.69, 9.17) is 14.6 Å². The van der Waals surface area contributed by atoms with Gasteiger partial charge < -0.3 is 19.7 Å². The monoisotopic (exact) mass is 444 g/mol. The fourth-order valence-electron chi connectivity index (χ4n) is 2.90. The summed E-state index contributed by atoms with van der Waals surface area (Å²) in [5.41, 5.74) is -2.56. The first kappa shape index (κ1) is 28.9. The molecule has 180 valence electrons. The zero-order chi connectivity index (χ0) is 24.3. The van der Waals surface area contributed by atoms with Gasteiger partial charge in [-0.3, -0.25) is 19.2 Å². The number of hydrogen-bond donors (Lipinski definition) is 2. The third-order valence-corrected chi connectivity index (χ3v) is 5.10. The van der Waals surface area contributed by atoms with E-state index in [1.165, 1.54) is 0 Å². The maximum absolute atomic E-state index is 12.2. The van der Waals surface area contributed by atoms with Crippen LogP contribution in [0.25, 0.3) is 0 Å². The third kappa shape index (κ3) is 11.7. The Bertz CT molecular complexity index is 578. The van der Waals surface area contributed by atoms with Crippen molar-refractivity contribution in [1.82, 2.24) is 0 Å². The predicted octanol–water partition coefficient (Wildman–Crippen LogP) is 4.44. The number of aliphatic carboxylic acids is 2. The third-order valence-electron chi connectivity index (χ3n) is 5.10. The van der Waals surface area contributed by atoms with Crippen molar-refractivity contribution in [3.05, 3.63) is 0 Å². The molecule has 0 aliphatic heterocycles. The zero-order valence-electron chi connectivity index (χ0n) is 19.9. The van der Waals surface area contributed by atoms with Crippen molar-refractivity contribution in [2.45, 2.75) is 92.9 Å². The summed E-state index contributed by atoms with van der Waals surface area (Å²) in [5, 5.41) is 18.7. The Labute approximate surface area is 185 Å². The molecule has 0 spiro atoms. The Morgan fingerprint density at radius 2 is 1.06 bits per heavy atom. The highest BCUT2D eigenvalue weighted by Crippen LogP contribution is 2.35. The van der Waals surface area contributed by atoms with Gasteiger partial charge in [-0.2, -0.15) is 0 Å². The van der Waals surface area contributed by atoms with Crippen molar-refractivity contribution in [3.8, 4) is 0 Å². The normalized spacial score (nSPS) is 12.3. The minimum atomic E-state index is -1.19. The summed E-state index contributed by atoms with van der Waals surface area (Å²) in [5.74, 6) is -2.67. The Kier molecular flexibility index (Phi) is 11.8. The van der Waals surface area contributed by atoms with Crippen LogP contribution in [-0.4, -0.2) is 47.3 Å². The van der Waals surface area contributed by atoms with Gasteiger partial charge in [-0.15, -0.1) is 0 Å². The lowest BCUT2D eigenvalue weighted by Gasteiger charge is -2.30. The molecule has 0 aliphatic carbocycles. The number of carboxylic acid groups (broad SMARTS) is 2. The summed E-state index contributed by atoms with van der Waals surface area (Å²) < 4.78 is 10.6. The molecule has 0 aromatic heterocycles. The quantitative estimate of drug-likeness (QED) is 0.297. The molecule has 0 unspecified atom stereocenters. The number of unbranched alkanes of at least 4 members (excludes halogenated alkanes) is 3. The van der Waals surface area contributed by atoms with E-state index >= 15 is 0 Å². The highest BCUT2D eigenvalue weighted by molar-refractivity contribution is 5.77. The molecule has 8 heteroatoms. The first-order valence-electron chi connectivity index (χ1n) is 10.9. The first-order valence-corrected chi connectivity index (χ1v) is 10.9. The van der Waals surface area contributed by atoms with Crippen molar-refractivity contribution in [1.29, 1.82) is 0 Å². The van der Waals surface area contributed by atoms with Crippen LogP contribution in [0.3, 0.4) is 0 Å². The van der Waals surface area contributed by atoms with Crippen molar-refractivity contribution in [3.63, 3.8) is 0 Å². The van der Waals surface area contributed by atoms with Crippen molar-refractivity contribution < 1.29 is 38.9 Å². The van der Waals surface area contributed by atoms with Gasteiger partial charge in [0.15, 0.2) is 0 Å². The highest BCUT2D eigenvalue weighted by Gasteiger charge is 2.39. The summed E-state index contributed by atoms with van der Waals surface area (Å²) in [6.45, 7) is 10.3. The van der Waals surface area contributed by atoms with Crippen molar-refractivity contribution >= 4 is 23.9 Å². The predicted molar refractivity (Wildman–Crippen MR) is 115 cm³/mol. The number of carbonyl (C=O) groups is 4. The van der Waals surface area contributed by atoms with E-state index in [2.05, 4.69) is 0 Å². The molecule has 0 saturated heterocycles. The van der Waals surface area contributed by atoms with E-state index in [0.29, 0.717) is 32.1 Å². The van der Waals surface area contributed by atoms with Crippen LogP contribution in [0.15, 0.2) is 0 Å². The topological polar surface area (TPSA) is 127 Å². The van der Waals surface area contributed by atoms with Crippen LogP contribution < -0.4 is 0 Å². The average molecular weight is 445 g/mol. The lowest BCUT2D eigenvalue weighted by Crippen LogP contribution is -2.36. The minimum absolute atomic E-state index is 0.0331. The molecule has 0 atom stereocenters. The summed E-state index contributed by atoms with van der Waals surface area (Å²) in [6.07, 6.45) is 3.18. The van der Waals surface area contributed by atoms with Gasteiger partial charge in [0, 0.05) is 6.42 Å². The van der Waals surface area contributed by atoms with Gasteiger partial charge in [-0.1, -0.05) is 19.3 Å². The molecule has 0 aliphatic rings. The second-order valence-electron chi connectivity index (χ2n) is 10.2. The molecule has 31 heavy (non-hydrogen) atoms. The second-order valence-corrected chi connectivity index (χ2v) is 10.2. The lowest BCUT2D eigenvalue weighted by molar-refractivity contribution is -0.161. The van der Waals surface area contributed by atoms with Gasteiger partial charge >= 0.3 is 23.9 Å². The van der Waals surface area contributed by atoms with Gasteiger partial charge in [0.1, 0.15) is 0 Å². The Hall–Kier alpha value is -2.12. The molecule has 0 rings (SSSR count). The standard InChI is InChI=1S/C23H40O8/c1-21(2,3)19(28)30-15-13-23(18(26)27,12-10-8-7-9-11-17(24)25)14-16-31-20(29)22(4,5)6/h7-16H2,1-6H3,(H,24,25)(H,26,27). The van der Waals surface area contributed by atoms with E-state index in [1.807, 2.05) is 0 Å². The molecule has 0 aromatic carbocycles. The number of ether oxygens (including phenoxy) is 2. The van der Waals surface area contributed by atoms with E-state index in [0.717, 1.165) is 0 Å². The Balaban J connectivity index is 5.05. The number of rotatable bonds is 14. The van der Waals surface area contributed by atoms with Crippen molar-refractivity contribution in [2.24, 2.45) is 16.2 Å². The maximum atomic E-state index is 12.2. The molecule has 2 N–H and O–H groups in total. The molecular formula is C23H40O8. The van der Waals surface area contributed by atoms with Crippen LogP contribution in [0.5, 0.6) is 0 Å². The summed E-state index contributed by atoms with van der Waals surface area (Å²) >= 11 is 0. The van der Waals surface area contributed by atoms with E-state index in [9.17, 15) is 24.3 Å². The second kappa shape index (κ2) is 12.7. The summed E-state index contributed by atoms with van der Waals surface area (Å²) in [4.78, 5) is 46.9. The smallest absolute Gasteiger partial charge is 0.311 e. The molecule has 0 fully saturated rings. The number of carboxylic acids is 2. The minimum Gasteiger partial charge on any atom is -0.481 e. The van der Waals surface area contributed by atoms with E-state index in [1.54, 1.807) is 41.5 Å². The molecule has 0 radical (unpaired) electrons. The molecule has 0 bridgehead atoms. The maximum Gasteiger partial charge on any atom is 0.311 e. The van der Waals surface area contributed by atoms with Crippen LogP contribution in [0.4, 0.5) is 0 Å². The molecule has 0 aromatic rings. The first-order chi connectivity index (χ1) is 14.1. The fourth-order valence-corrected chi connectivity index (χ4v) is 2.90. The highest BCUT2D eigenvalue weighted by atomic mass is 16.5. The Morgan fingerprint density at radius 1 is 0.645 bits per heavy atom. The molecule has 0 saturated carbocycles. The van der Waals surface area contributed by atoms with Gasteiger partial charge in [0.05, 0.1) is 29.5 Å². The van der Waals surface area contributed by atoms with Crippen LogP contribution in [-0.2, 0) is 28.7 Å². The molecule has 8 nitrogen and oxygen atoms in total. The van der Waals surface area contributed by atoms with Crippen LogP contribution in [0.1, 0.15) is 92.9 Å². The lowest BCUT2D eigenvalue weighted by atomic mass is 9.77. The Morgan fingerprint density at radius 3 is 1.42 bits per heavy atom. The van der Waals surface area contributed by atoms with Gasteiger partial charge in [0.25, 0.3) is 0 Å². The average Bonchev–Trinajstić information content (AvgIpc) is 2.61. The summed E-state index contributed by atoms with van der Waals surface area (Å²) in [7, 11) is 0. The largest absolute Gasteiger partial charge is 0.481 e. The zero-order valence-corrected chi connectivity index (χ0v) is 19.9. The molecule has 0 heterocycles. The van der Waals surface area contributed by atoms with E-state index in [-0.39, 0.29) is 32.5 Å². The van der Waals surface area contributed by atoms with Crippen molar-refractivity contribution in [2.75, 3.05) is 13.2 Å². The molecular weight excluding hydrogens is 404 g/mol. The van der Waals surface area contributed by atoms with Gasteiger partial charge in [0.2, 0.25) is 0 Å².